The van der Waals surface area contributed by atoms with Crippen LogP contribution in [-0.2, 0) is 11.3 Å². The standard InChI is InChI=1S/C9H14N4O5/c1-5-12-7(18-13-5)4-11-9(17)10-3-2-6(14)8(15)16/h6,14H,2-4H2,1H3,(H,15,16)(H2,10,11,17). The minimum Gasteiger partial charge on any atom is -0.479 e. The highest BCUT2D eigenvalue weighted by Gasteiger charge is 2.12. The van der Waals surface area contributed by atoms with Gasteiger partial charge in [-0.15, -0.1) is 0 Å². The molecule has 18 heavy (non-hydrogen) atoms. The molecular weight excluding hydrogens is 244 g/mol. The van der Waals surface area contributed by atoms with Crippen LogP contribution in [0.15, 0.2) is 4.52 Å². The van der Waals surface area contributed by atoms with Crippen LogP contribution in [0.4, 0.5) is 4.79 Å². The monoisotopic (exact) mass is 258 g/mol. The van der Waals surface area contributed by atoms with Crippen LogP contribution in [0.5, 0.6) is 0 Å². The lowest BCUT2D eigenvalue weighted by Gasteiger charge is -2.07. The Kier molecular flexibility index (Phi) is 5.06. The van der Waals surface area contributed by atoms with Gasteiger partial charge in [0.2, 0.25) is 5.89 Å². The number of carboxylic acids is 1. The quantitative estimate of drug-likeness (QED) is 0.514. The molecule has 2 amide bonds. The fourth-order valence-corrected chi connectivity index (χ4v) is 1.08. The van der Waals surface area contributed by atoms with E-state index in [1.807, 2.05) is 0 Å². The van der Waals surface area contributed by atoms with Gasteiger partial charge in [-0.1, -0.05) is 5.16 Å². The minimum absolute atomic E-state index is 0.0438. The average Bonchev–Trinajstić information content (AvgIpc) is 2.72. The number of urea groups is 1. The number of amides is 2. The Morgan fingerprint density at radius 2 is 2.17 bits per heavy atom. The van der Waals surface area contributed by atoms with Gasteiger partial charge in [0, 0.05) is 13.0 Å². The molecule has 100 valence electrons. The van der Waals surface area contributed by atoms with Crippen LogP contribution in [0.3, 0.4) is 0 Å². The van der Waals surface area contributed by atoms with Crippen LogP contribution in [0.1, 0.15) is 18.1 Å². The number of hydrogen-bond acceptors (Lipinski definition) is 6. The second kappa shape index (κ2) is 6.55. The van der Waals surface area contributed by atoms with E-state index in [1.54, 1.807) is 6.92 Å². The van der Waals surface area contributed by atoms with Gasteiger partial charge in [0.1, 0.15) is 0 Å². The maximum atomic E-state index is 11.2. The molecule has 0 aliphatic heterocycles. The summed E-state index contributed by atoms with van der Waals surface area (Å²) >= 11 is 0. The van der Waals surface area contributed by atoms with Crippen LogP contribution in [0, 0.1) is 6.92 Å². The summed E-state index contributed by atoms with van der Waals surface area (Å²) in [6.45, 7) is 1.77. The van der Waals surface area contributed by atoms with E-state index in [-0.39, 0.29) is 25.4 Å². The molecule has 0 aliphatic rings. The number of carbonyl (C=O) groups is 2. The van der Waals surface area contributed by atoms with Crippen molar-refractivity contribution in [2.75, 3.05) is 6.54 Å². The molecule has 0 aliphatic carbocycles. The van der Waals surface area contributed by atoms with Gasteiger partial charge in [0.05, 0.1) is 6.54 Å². The van der Waals surface area contributed by atoms with Crippen molar-refractivity contribution in [1.82, 2.24) is 20.8 Å². The van der Waals surface area contributed by atoms with Crippen LogP contribution < -0.4 is 10.6 Å². The molecule has 0 saturated carbocycles. The molecule has 0 aromatic carbocycles. The average molecular weight is 258 g/mol. The lowest BCUT2D eigenvalue weighted by molar-refractivity contribution is -0.146. The van der Waals surface area contributed by atoms with Crippen molar-refractivity contribution in [1.29, 1.82) is 0 Å². The zero-order valence-corrected chi connectivity index (χ0v) is 9.71. The number of aromatic nitrogens is 2. The molecule has 4 N–H and O–H groups in total. The summed E-state index contributed by atoms with van der Waals surface area (Å²) in [6, 6.07) is -0.511. The molecule has 1 rings (SSSR count). The molecule has 0 spiro atoms. The molecule has 9 nitrogen and oxygen atoms in total. The van der Waals surface area contributed by atoms with Crippen molar-refractivity contribution in [3.8, 4) is 0 Å². The first-order valence-corrected chi connectivity index (χ1v) is 5.21. The Labute approximate surface area is 102 Å². The molecule has 1 unspecified atom stereocenters. The van der Waals surface area contributed by atoms with E-state index >= 15 is 0 Å². The summed E-state index contributed by atoms with van der Waals surface area (Å²) in [5.74, 6) is -0.580. The third-order valence-corrected chi connectivity index (χ3v) is 1.96. The second-order valence-electron chi connectivity index (χ2n) is 3.49. The first-order chi connectivity index (χ1) is 8.49. The number of rotatable bonds is 6. The number of carboxylic acid groups (broad SMARTS) is 1. The fraction of sp³-hybridized carbons (Fsp3) is 0.556. The Bertz CT molecular complexity index is 419. The van der Waals surface area contributed by atoms with Gasteiger partial charge < -0.3 is 25.4 Å². The van der Waals surface area contributed by atoms with Crippen molar-refractivity contribution < 1.29 is 24.3 Å². The summed E-state index contributed by atoms with van der Waals surface area (Å²) in [6.07, 6.45) is -1.55. The van der Waals surface area contributed by atoms with E-state index < -0.39 is 18.1 Å². The maximum absolute atomic E-state index is 11.2. The van der Waals surface area contributed by atoms with E-state index in [1.165, 1.54) is 0 Å². The topological polar surface area (TPSA) is 138 Å². The number of nitrogens with zero attached hydrogens (tertiary/aromatic N) is 2. The van der Waals surface area contributed by atoms with Crippen molar-refractivity contribution in [3.05, 3.63) is 11.7 Å². The lowest BCUT2D eigenvalue weighted by Crippen LogP contribution is -2.37. The van der Waals surface area contributed by atoms with Crippen molar-refractivity contribution in [3.63, 3.8) is 0 Å². The molecule has 0 saturated heterocycles. The van der Waals surface area contributed by atoms with Gasteiger partial charge in [-0.2, -0.15) is 4.98 Å². The summed E-state index contributed by atoms with van der Waals surface area (Å²) in [5, 5.41) is 25.7. The highest BCUT2D eigenvalue weighted by molar-refractivity contribution is 5.74. The van der Waals surface area contributed by atoms with E-state index in [2.05, 4.69) is 20.8 Å². The third-order valence-electron chi connectivity index (χ3n) is 1.96. The number of aliphatic carboxylic acids is 1. The number of nitrogens with one attached hydrogen (secondary N) is 2. The fourth-order valence-electron chi connectivity index (χ4n) is 1.08. The van der Waals surface area contributed by atoms with E-state index in [9.17, 15) is 9.59 Å². The summed E-state index contributed by atoms with van der Waals surface area (Å²) in [5.41, 5.74) is 0. The van der Waals surface area contributed by atoms with Crippen molar-refractivity contribution in [2.24, 2.45) is 0 Å². The summed E-state index contributed by atoms with van der Waals surface area (Å²) in [4.78, 5) is 25.4. The van der Waals surface area contributed by atoms with Crippen molar-refractivity contribution >= 4 is 12.0 Å². The number of carbonyl (C=O) groups excluding carboxylic acids is 1. The minimum atomic E-state index is -1.48. The molecule has 0 fully saturated rings. The molecule has 1 aromatic heterocycles. The molecule has 0 bridgehead atoms. The zero-order chi connectivity index (χ0) is 13.5. The Balaban J connectivity index is 2.16. The van der Waals surface area contributed by atoms with Gasteiger partial charge >= 0.3 is 12.0 Å². The van der Waals surface area contributed by atoms with Crippen LogP contribution >= 0.6 is 0 Å². The zero-order valence-electron chi connectivity index (χ0n) is 9.71. The second-order valence-corrected chi connectivity index (χ2v) is 3.49. The van der Waals surface area contributed by atoms with Gasteiger partial charge in [0.25, 0.3) is 0 Å². The van der Waals surface area contributed by atoms with Crippen LogP contribution in [0.25, 0.3) is 0 Å². The Hall–Kier alpha value is -2.16. The van der Waals surface area contributed by atoms with Gasteiger partial charge in [-0.3, -0.25) is 0 Å². The lowest BCUT2D eigenvalue weighted by atomic mass is 10.2. The maximum Gasteiger partial charge on any atom is 0.332 e. The molecule has 1 atom stereocenters. The normalized spacial score (nSPS) is 11.9. The highest BCUT2D eigenvalue weighted by Crippen LogP contribution is 1.94. The van der Waals surface area contributed by atoms with Gasteiger partial charge in [-0.25, -0.2) is 9.59 Å². The Morgan fingerprint density at radius 3 is 2.72 bits per heavy atom. The van der Waals surface area contributed by atoms with Crippen LogP contribution in [0.2, 0.25) is 0 Å². The first-order valence-electron chi connectivity index (χ1n) is 5.21. The number of aliphatic hydroxyl groups excluding tert-OH is 1. The van der Waals surface area contributed by atoms with Crippen LogP contribution in [-0.4, -0.2) is 45.0 Å². The number of aliphatic hydroxyl groups is 1. The van der Waals surface area contributed by atoms with E-state index in [0.717, 1.165) is 0 Å². The summed E-state index contributed by atoms with van der Waals surface area (Å²) in [7, 11) is 0. The highest BCUT2D eigenvalue weighted by atomic mass is 16.5. The smallest absolute Gasteiger partial charge is 0.332 e. The van der Waals surface area contributed by atoms with Crippen molar-refractivity contribution in [2.45, 2.75) is 26.0 Å². The van der Waals surface area contributed by atoms with E-state index in [4.69, 9.17) is 14.7 Å². The first kappa shape index (κ1) is 13.9. The Morgan fingerprint density at radius 1 is 1.44 bits per heavy atom. The van der Waals surface area contributed by atoms with E-state index in [0.29, 0.717) is 5.82 Å². The molecule has 1 heterocycles. The largest absolute Gasteiger partial charge is 0.479 e. The number of aryl methyl sites for hydroxylation is 1. The molecule has 0 radical (unpaired) electrons. The van der Waals surface area contributed by atoms with Gasteiger partial charge in [-0.05, 0) is 6.92 Å². The third kappa shape index (κ3) is 4.78. The number of hydrogen-bond donors (Lipinski definition) is 4. The van der Waals surface area contributed by atoms with Gasteiger partial charge in [0.15, 0.2) is 11.9 Å². The SMILES string of the molecule is Cc1noc(CNC(=O)NCCC(O)C(=O)O)n1. The molecular formula is C9H14N4O5. The molecule has 1 aromatic rings. The summed E-state index contributed by atoms with van der Waals surface area (Å²) < 4.78 is 4.77. The molecule has 9 heteroatoms. The predicted octanol–water partition coefficient (Wildman–Crippen LogP) is -0.987. The predicted molar refractivity (Wildman–Crippen MR) is 57.5 cm³/mol.